The van der Waals surface area contributed by atoms with E-state index in [4.69, 9.17) is 0 Å². The Morgan fingerprint density at radius 1 is 1.33 bits per heavy atom. The monoisotopic (exact) mass is 292 g/mol. The van der Waals surface area contributed by atoms with E-state index < -0.39 is 0 Å². The fraction of sp³-hybridized carbons (Fsp3) is 0.688. The van der Waals surface area contributed by atoms with Crippen LogP contribution >= 0.6 is 0 Å². The van der Waals surface area contributed by atoms with Crippen LogP contribution in [0, 0.1) is 0 Å². The third-order valence-electron chi connectivity index (χ3n) is 4.28. The lowest BCUT2D eigenvalue weighted by Crippen LogP contribution is -2.48. The van der Waals surface area contributed by atoms with Gasteiger partial charge in [-0.15, -0.1) is 0 Å². The molecule has 0 spiro atoms. The number of hydrogen-bond acceptors (Lipinski definition) is 3. The van der Waals surface area contributed by atoms with Crippen molar-refractivity contribution in [2.24, 2.45) is 0 Å². The first kappa shape index (κ1) is 16.0. The predicted octanol–water partition coefficient (Wildman–Crippen LogP) is 1.32. The van der Waals surface area contributed by atoms with Crippen molar-refractivity contribution in [3.05, 3.63) is 24.0 Å². The maximum Gasteiger partial charge on any atom is 0.242 e. The Balaban J connectivity index is 1.91. The van der Waals surface area contributed by atoms with Crippen LogP contribution < -0.4 is 5.32 Å². The fourth-order valence-electron chi connectivity index (χ4n) is 2.84. The molecule has 1 aromatic rings. The molecule has 1 aliphatic rings. The van der Waals surface area contributed by atoms with Gasteiger partial charge < -0.3 is 19.7 Å². The van der Waals surface area contributed by atoms with Crippen LogP contribution in [0.2, 0.25) is 0 Å². The minimum Gasteiger partial charge on any atom is -0.345 e. The average Bonchev–Trinajstić information content (AvgIpc) is 2.93. The molecule has 1 atom stereocenters. The van der Waals surface area contributed by atoms with Gasteiger partial charge in [-0.25, -0.2) is 0 Å². The first-order valence-electron chi connectivity index (χ1n) is 7.93. The van der Waals surface area contributed by atoms with E-state index in [1.165, 1.54) is 5.56 Å². The molecule has 0 aliphatic carbocycles. The highest BCUT2D eigenvalue weighted by Gasteiger charge is 2.19. The number of nitrogens with zero attached hydrogens (tertiary/aromatic N) is 3. The molecule has 1 amide bonds. The Labute approximate surface area is 127 Å². The molecule has 0 aromatic carbocycles. The molecule has 1 saturated heterocycles. The highest BCUT2D eigenvalue weighted by atomic mass is 16.2. The largest absolute Gasteiger partial charge is 0.345 e. The number of rotatable bonds is 6. The van der Waals surface area contributed by atoms with Crippen molar-refractivity contribution in [3.8, 4) is 0 Å². The molecule has 21 heavy (non-hydrogen) atoms. The van der Waals surface area contributed by atoms with Crippen LogP contribution in [0.5, 0.6) is 0 Å². The highest BCUT2D eigenvalue weighted by Crippen LogP contribution is 2.18. The summed E-state index contributed by atoms with van der Waals surface area (Å²) in [6.45, 7) is 6.28. The molecule has 5 nitrogen and oxygen atoms in total. The molecule has 0 radical (unpaired) electrons. The number of piperazine rings is 1. The summed E-state index contributed by atoms with van der Waals surface area (Å²) in [4.78, 5) is 16.6. The number of aromatic nitrogens is 1. The number of likely N-dealkylation sites (N-methyl/N-ethyl adjacent to an activating group) is 1. The first-order chi connectivity index (χ1) is 10.1. The lowest BCUT2D eigenvalue weighted by Gasteiger charge is -2.32. The van der Waals surface area contributed by atoms with E-state index in [9.17, 15) is 4.79 Å². The standard InChI is InChI=1S/C16H28N4O/c1-4-5-15(17-2)14-6-7-19(12-14)13-16(21)20-10-8-18(3)9-11-20/h6-7,12,15,17H,4-5,8-11,13H2,1-3H3. The molecule has 1 N–H and O–H groups in total. The minimum atomic E-state index is 0.224. The molecule has 2 heterocycles. The number of amides is 1. The summed E-state index contributed by atoms with van der Waals surface area (Å²) >= 11 is 0. The van der Waals surface area contributed by atoms with Crippen LogP contribution in [-0.2, 0) is 11.3 Å². The van der Waals surface area contributed by atoms with Crippen LogP contribution in [0.1, 0.15) is 31.4 Å². The Bertz CT molecular complexity index is 449. The van der Waals surface area contributed by atoms with Crippen LogP contribution in [0.3, 0.4) is 0 Å². The summed E-state index contributed by atoms with van der Waals surface area (Å²) < 4.78 is 2.01. The molecule has 1 unspecified atom stereocenters. The van der Waals surface area contributed by atoms with Gasteiger partial charge in [0.2, 0.25) is 5.91 Å². The van der Waals surface area contributed by atoms with Gasteiger partial charge in [-0.2, -0.15) is 0 Å². The van der Waals surface area contributed by atoms with E-state index in [1.54, 1.807) is 0 Å². The summed E-state index contributed by atoms with van der Waals surface area (Å²) in [5.74, 6) is 0.224. The maximum absolute atomic E-state index is 12.3. The summed E-state index contributed by atoms with van der Waals surface area (Å²) in [7, 11) is 4.10. The smallest absolute Gasteiger partial charge is 0.242 e. The molecule has 1 aliphatic heterocycles. The van der Waals surface area contributed by atoms with Gasteiger partial charge in [0, 0.05) is 44.6 Å². The van der Waals surface area contributed by atoms with Gasteiger partial charge in [-0.3, -0.25) is 4.79 Å². The molecule has 1 aromatic heterocycles. The molecule has 5 heteroatoms. The van der Waals surface area contributed by atoms with E-state index >= 15 is 0 Å². The zero-order chi connectivity index (χ0) is 15.2. The molecular formula is C16H28N4O. The Morgan fingerprint density at radius 3 is 2.67 bits per heavy atom. The van der Waals surface area contributed by atoms with Crippen molar-refractivity contribution in [2.75, 3.05) is 40.3 Å². The Hall–Kier alpha value is -1.33. The van der Waals surface area contributed by atoms with Crippen LogP contribution in [0.25, 0.3) is 0 Å². The summed E-state index contributed by atoms with van der Waals surface area (Å²) in [6, 6.07) is 2.50. The fourth-order valence-corrected chi connectivity index (χ4v) is 2.84. The molecule has 118 valence electrons. The molecule has 0 bridgehead atoms. The topological polar surface area (TPSA) is 40.5 Å². The quantitative estimate of drug-likeness (QED) is 0.860. The van der Waals surface area contributed by atoms with Crippen molar-refractivity contribution in [3.63, 3.8) is 0 Å². The third-order valence-corrected chi connectivity index (χ3v) is 4.28. The van der Waals surface area contributed by atoms with Crippen molar-refractivity contribution in [2.45, 2.75) is 32.4 Å². The van der Waals surface area contributed by atoms with Gasteiger partial charge in [0.1, 0.15) is 6.54 Å². The van der Waals surface area contributed by atoms with E-state index in [1.807, 2.05) is 22.7 Å². The molecule has 1 fully saturated rings. The summed E-state index contributed by atoms with van der Waals surface area (Å²) in [5, 5.41) is 3.34. The van der Waals surface area contributed by atoms with E-state index in [-0.39, 0.29) is 5.91 Å². The molecular weight excluding hydrogens is 264 g/mol. The SMILES string of the molecule is CCCC(NC)c1ccn(CC(=O)N2CCN(C)CC2)c1. The zero-order valence-corrected chi connectivity index (χ0v) is 13.5. The van der Waals surface area contributed by atoms with Crippen LogP contribution in [-0.4, -0.2) is 60.5 Å². The highest BCUT2D eigenvalue weighted by molar-refractivity contribution is 5.76. The number of hydrogen-bond donors (Lipinski definition) is 1. The zero-order valence-electron chi connectivity index (χ0n) is 13.5. The number of carbonyl (C=O) groups excluding carboxylic acids is 1. The minimum absolute atomic E-state index is 0.224. The van der Waals surface area contributed by atoms with Crippen LogP contribution in [0.15, 0.2) is 18.5 Å². The van der Waals surface area contributed by atoms with Gasteiger partial charge in [-0.1, -0.05) is 13.3 Å². The van der Waals surface area contributed by atoms with Crippen molar-refractivity contribution < 1.29 is 4.79 Å². The third kappa shape index (κ3) is 4.32. The lowest BCUT2D eigenvalue weighted by molar-refractivity contribution is -0.133. The Kier molecular flexibility index (Phi) is 5.82. The first-order valence-corrected chi connectivity index (χ1v) is 7.93. The van der Waals surface area contributed by atoms with E-state index in [0.29, 0.717) is 12.6 Å². The lowest BCUT2D eigenvalue weighted by atomic mass is 10.1. The molecule has 0 saturated carbocycles. The second kappa shape index (κ2) is 7.61. The van der Waals surface area contributed by atoms with Gasteiger partial charge >= 0.3 is 0 Å². The van der Waals surface area contributed by atoms with E-state index in [2.05, 4.69) is 36.5 Å². The number of carbonyl (C=O) groups is 1. The average molecular weight is 292 g/mol. The van der Waals surface area contributed by atoms with Crippen molar-refractivity contribution in [1.82, 2.24) is 19.7 Å². The van der Waals surface area contributed by atoms with Crippen LogP contribution in [0.4, 0.5) is 0 Å². The van der Waals surface area contributed by atoms with Crippen molar-refractivity contribution in [1.29, 1.82) is 0 Å². The maximum atomic E-state index is 12.3. The van der Waals surface area contributed by atoms with Gasteiger partial charge in [-0.05, 0) is 32.1 Å². The second-order valence-corrected chi connectivity index (χ2v) is 5.93. The van der Waals surface area contributed by atoms with Gasteiger partial charge in [0.25, 0.3) is 0 Å². The van der Waals surface area contributed by atoms with E-state index in [0.717, 1.165) is 39.0 Å². The van der Waals surface area contributed by atoms with Gasteiger partial charge in [0.15, 0.2) is 0 Å². The summed E-state index contributed by atoms with van der Waals surface area (Å²) in [5.41, 5.74) is 1.27. The summed E-state index contributed by atoms with van der Waals surface area (Å²) in [6.07, 6.45) is 6.39. The number of nitrogens with one attached hydrogen (secondary N) is 1. The Morgan fingerprint density at radius 2 is 2.05 bits per heavy atom. The second-order valence-electron chi connectivity index (χ2n) is 5.93. The van der Waals surface area contributed by atoms with Gasteiger partial charge in [0.05, 0.1) is 0 Å². The normalized spacial score (nSPS) is 18.0. The molecule has 2 rings (SSSR count). The predicted molar refractivity (Wildman–Crippen MR) is 85.2 cm³/mol. The van der Waals surface area contributed by atoms with Crippen molar-refractivity contribution >= 4 is 5.91 Å².